The zero-order valence-corrected chi connectivity index (χ0v) is 15.2. The normalized spacial score (nSPS) is 17.5. The van der Waals surface area contributed by atoms with Crippen molar-refractivity contribution in [1.29, 1.82) is 0 Å². The van der Waals surface area contributed by atoms with Crippen molar-refractivity contribution in [2.24, 2.45) is 0 Å². The van der Waals surface area contributed by atoms with E-state index in [0.717, 1.165) is 49.8 Å². The topological polar surface area (TPSA) is 29.5 Å². The second kappa shape index (κ2) is 8.11. The van der Waals surface area contributed by atoms with Gasteiger partial charge in [-0.15, -0.1) is 0 Å². The number of nitrogens with zero attached hydrogens (tertiary/aromatic N) is 1. The van der Waals surface area contributed by atoms with Crippen LogP contribution in [0.25, 0.3) is 0 Å². The fraction of sp³-hybridized carbons (Fsp3) is 0.400. The molecule has 0 radical (unpaired) electrons. The fourth-order valence-electron chi connectivity index (χ4n) is 3.52. The van der Waals surface area contributed by atoms with Crippen LogP contribution >= 0.6 is 7.14 Å². The zero-order chi connectivity index (χ0) is 16.8. The molecule has 128 valence electrons. The molecule has 0 aliphatic carbocycles. The van der Waals surface area contributed by atoms with Crippen LogP contribution in [0.3, 0.4) is 0 Å². The third-order valence-corrected chi connectivity index (χ3v) is 8.27. The summed E-state index contributed by atoms with van der Waals surface area (Å²) >= 11 is 0. The first kappa shape index (κ1) is 17.4. The fourth-order valence-corrected chi connectivity index (χ4v) is 7.05. The van der Waals surface area contributed by atoms with Crippen LogP contribution in [0.4, 0.5) is 0 Å². The molecule has 24 heavy (non-hydrogen) atoms. The molecule has 1 aliphatic heterocycles. The van der Waals surface area contributed by atoms with Gasteiger partial charge in [0.15, 0.2) is 7.14 Å². The van der Waals surface area contributed by atoms with E-state index < -0.39 is 7.14 Å². The summed E-state index contributed by atoms with van der Waals surface area (Å²) in [7, 11) is -2.75. The average Bonchev–Trinajstić information content (AvgIpc) is 2.67. The van der Waals surface area contributed by atoms with Crippen LogP contribution in [-0.2, 0) is 9.30 Å². The van der Waals surface area contributed by atoms with Gasteiger partial charge in [-0.1, -0.05) is 74.0 Å². The number of benzene rings is 2. The molecule has 0 aromatic heterocycles. The van der Waals surface area contributed by atoms with E-state index in [1.807, 2.05) is 60.7 Å². The summed E-state index contributed by atoms with van der Waals surface area (Å²) in [6.07, 6.45) is 1.95. The zero-order valence-electron chi connectivity index (χ0n) is 14.3. The Morgan fingerprint density at radius 1 is 0.958 bits per heavy atom. The minimum atomic E-state index is -2.75. The van der Waals surface area contributed by atoms with Gasteiger partial charge in [0.2, 0.25) is 0 Å². The second-order valence-corrected chi connectivity index (χ2v) is 9.19. The maximum atomic E-state index is 14.5. The van der Waals surface area contributed by atoms with E-state index in [0.29, 0.717) is 0 Å². The van der Waals surface area contributed by atoms with Crippen LogP contribution < -0.4 is 10.6 Å². The van der Waals surface area contributed by atoms with E-state index in [9.17, 15) is 4.57 Å². The molecule has 0 bridgehead atoms. The monoisotopic (exact) mass is 343 g/mol. The highest BCUT2D eigenvalue weighted by Gasteiger charge is 2.40. The Hall–Kier alpha value is -1.41. The number of hydrogen-bond donors (Lipinski definition) is 0. The van der Waals surface area contributed by atoms with E-state index >= 15 is 0 Å². The van der Waals surface area contributed by atoms with Crippen molar-refractivity contribution in [2.75, 3.05) is 26.3 Å². The molecule has 1 fully saturated rings. The summed E-state index contributed by atoms with van der Waals surface area (Å²) in [4.78, 5) is 2.38. The third-order valence-electron chi connectivity index (χ3n) is 4.71. The van der Waals surface area contributed by atoms with Crippen molar-refractivity contribution in [3.63, 3.8) is 0 Å². The van der Waals surface area contributed by atoms with Gasteiger partial charge in [-0.05, 0) is 6.42 Å². The summed E-state index contributed by atoms with van der Waals surface area (Å²) in [6.45, 7) is 5.34. The Bertz CT molecular complexity index is 625. The molecule has 0 amide bonds. The van der Waals surface area contributed by atoms with Gasteiger partial charge >= 0.3 is 0 Å². The number of morpholine rings is 1. The Morgan fingerprint density at radius 3 is 1.92 bits per heavy atom. The average molecular weight is 343 g/mol. The van der Waals surface area contributed by atoms with Crippen molar-refractivity contribution in [2.45, 2.75) is 25.5 Å². The third kappa shape index (κ3) is 3.49. The molecular weight excluding hydrogens is 317 g/mol. The van der Waals surface area contributed by atoms with Gasteiger partial charge in [0.05, 0.1) is 19.0 Å². The van der Waals surface area contributed by atoms with Crippen LogP contribution in [-0.4, -0.2) is 37.0 Å². The molecule has 0 spiro atoms. The highest BCUT2D eigenvalue weighted by molar-refractivity contribution is 7.79. The summed E-state index contributed by atoms with van der Waals surface area (Å²) < 4.78 is 20.0. The first-order valence-electron chi connectivity index (χ1n) is 8.79. The molecule has 3 nitrogen and oxygen atoms in total. The van der Waals surface area contributed by atoms with Gasteiger partial charge in [-0.25, -0.2) is 0 Å². The van der Waals surface area contributed by atoms with Crippen molar-refractivity contribution in [3.8, 4) is 0 Å². The van der Waals surface area contributed by atoms with Crippen LogP contribution in [0.15, 0.2) is 60.7 Å². The van der Waals surface area contributed by atoms with Gasteiger partial charge in [0.1, 0.15) is 0 Å². The Morgan fingerprint density at radius 2 is 1.46 bits per heavy atom. The molecule has 3 rings (SSSR count). The Balaban J connectivity index is 2.10. The van der Waals surface area contributed by atoms with Gasteiger partial charge in [-0.2, -0.15) is 0 Å². The quantitative estimate of drug-likeness (QED) is 0.753. The van der Waals surface area contributed by atoms with E-state index in [1.165, 1.54) is 0 Å². The lowest BCUT2D eigenvalue weighted by Gasteiger charge is -2.39. The first-order valence-corrected chi connectivity index (χ1v) is 10.6. The number of hydrogen-bond acceptors (Lipinski definition) is 3. The number of rotatable bonds is 6. The van der Waals surface area contributed by atoms with Gasteiger partial charge in [0, 0.05) is 23.7 Å². The molecule has 2 aromatic rings. The lowest BCUT2D eigenvalue weighted by atomic mass is 10.3. The standard InChI is InChI=1S/C20H26NO2P/c1-2-9-20(21-14-16-23-17-15-21)24(22,18-10-5-3-6-11-18)19-12-7-4-8-13-19/h3-8,10-13,20H,2,9,14-17H2,1H3. The minimum Gasteiger partial charge on any atom is -0.379 e. The van der Waals surface area contributed by atoms with E-state index in [1.54, 1.807) is 0 Å². The van der Waals surface area contributed by atoms with Gasteiger partial charge < -0.3 is 9.30 Å². The Labute approximate surface area is 145 Å². The predicted octanol–water partition coefficient (Wildman–Crippen LogP) is 3.46. The van der Waals surface area contributed by atoms with E-state index in [-0.39, 0.29) is 5.78 Å². The lowest BCUT2D eigenvalue weighted by Crippen LogP contribution is -2.46. The molecule has 0 saturated carbocycles. The summed E-state index contributed by atoms with van der Waals surface area (Å²) in [5.41, 5.74) is 0. The summed E-state index contributed by atoms with van der Waals surface area (Å²) in [6, 6.07) is 20.0. The molecule has 2 aromatic carbocycles. The van der Waals surface area contributed by atoms with E-state index in [2.05, 4.69) is 11.8 Å². The highest BCUT2D eigenvalue weighted by atomic mass is 31.2. The van der Waals surface area contributed by atoms with Crippen molar-refractivity contribution in [3.05, 3.63) is 60.7 Å². The van der Waals surface area contributed by atoms with E-state index in [4.69, 9.17) is 4.74 Å². The van der Waals surface area contributed by atoms with Crippen molar-refractivity contribution >= 4 is 17.8 Å². The molecule has 1 unspecified atom stereocenters. The largest absolute Gasteiger partial charge is 0.379 e. The first-order chi connectivity index (χ1) is 11.8. The molecule has 1 aliphatic rings. The highest BCUT2D eigenvalue weighted by Crippen LogP contribution is 2.51. The van der Waals surface area contributed by atoms with Crippen LogP contribution in [0.2, 0.25) is 0 Å². The van der Waals surface area contributed by atoms with Crippen LogP contribution in [0, 0.1) is 0 Å². The van der Waals surface area contributed by atoms with Crippen molar-refractivity contribution in [1.82, 2.24) is 4.90 Å². The molecule has 1 atom stereocenters. The molecule has 0 N–H and O–H groups in total. The molecule has 4 heteroatoms. The Kier molecular flexibility index (Phi) is 5.89. The maximum absolute atomic E-state index is 14.5. The summed E-state index contributed by atoms with van der Waals surface area (Å²) in [5, 5.41) is 1.92. The van der Waals surface area contributed by atoms with Gasteiger partial charge in [-0.3, -0.25) is 4.90 Å². The lowest BCUT2D eigenvalue weighted by molar-refractivity contribution is 0.0297. The van der Waals surface area contributed by atoms with Gasteiger partial charge in [0.25, 0.3) is 0 Å². The minimum absolute atomic E-state index is 0.0381. The number of ether oxygens (including phenoxy) is 1. The molecule has 1 saturated heterocycles. The predicted molar refractivity (Wildman–Crippen MR) is 101 cm³/mol. The van der Waals surface area contributed by atoms with Crippen LogP contribution in [0.5, 0.6) is 0 Å². The second-order valence-electron chi connectivity index (χ2n) is 6.25. The molecule has 1 heterocycles. The smallest absolute Gasteiger partial charge is 0.159 e. The van der Waals surface area contributed by atoms with Crippen molar-refractivity contribution < 1.29 is 9.30 Å². The SMILES string of the molecule is CCCC(N1CCOCC1)P(=O)(c1ccccc1)c1ccccc1. The van der Waals surface area contributed by atoms with Crippen LogP contribution in [0.1, 0.15) is 19.8 Å². The maximum Gasteiger partial charge on any atom is 0.159 e. The summed E-state index contributed by atoms with van der Waals surface area (Å²) in [5.74, 6) is 0.0381. The molecular formula is C20H26NO2P.